The van der Waals surface area contributed by atoms with Gasteiger partial charge in [0.25, 0.3) is 5.91 Å². The van der Waals surface area contributed by atoms with Crippen molar-refractivity contribution < 1.29 is 9.90 Å². The predicted octanol–water partition coefficient (Wildman–Crippen LogP) is 1.67. The van der Waals surface area contributed by atoms with E-state index in [1.165, 1.54) is 0 Å². The minimum atomic E-state index is -0.324. The number of anilines is 1. The van der Waals surface area contributed by atoms with Crippen LogP contribution in [0, 0.1) is 5.92 Å². The van der Waals surface area contributed by atoms with Crippen LogP contribution in [-0.2, 0) is 0 Å². The summed E-state index contributed by atoms with van der Waals surface area (Å²) in [4.78, 5) is 11.9. The van der Waals surface area contributed by atoms with Crippen molar-refractivity contribution in [3.63, 3.8) is 0 Å². The third kappa shape index (κ3) is 3.35. The Morgan fingerprint density at radius 3 is 2.71 bits per heavy atom. The lowest BCUT2D eigenvalue weighted by atomic mass is 10.0. The second-order valence-corrected chi connectivity index (χ2v) is 4.59. The molecule has 0 radical (unpaired) electrons. The number of carbonyl (C=O) groups is 1. The predicted molar refractivity (Wildman–Crippen MR) is 69.0 cm³/mol. The lowest BCUT2D eigenvalue weighted by Crippen LogP contribution is -2.41. The van der Waals surface area contributed by atoms with Gasteiger partial charge in [0.15, 0.2) is 0 Å². The van der Waals surface area contributed by atoms with Crippen molar-refractivity contribution >= 4 is 23.2 Å². The molecule has 1 atom stereocenters. The lowest BCUT2D eigenvalue weighted by Gasteiger charge is -2.20. The first-order valence-corrected chi connectivity index (χ1v) is 5.80. The first-order chi connectivity index (χ1) is 7.97. The zero-order valence-electron chi connectivity index (χ0n) is 9.90. The number of aliphatic hydroxyl groups excluding tert-OH is 1. The Morgan fingerprint density at radius 1 is 1.53 bits per heavy atom. The smallest absolute Gasteiger partial charge is 0.253 e. The van der Waals surface area contributed by atoms with Gasteiger partial charge in [-0.15, -0.1) is 0 Å². The number of hydrogen-bond acceptors (Lipinski definition) is 3. The van der Waals surface area contributed by atoms with Crippen LogP contribution >= 0.6 is 11.6 Å². The summed E-state index contributed by atoms with van der Waals surface area (Å²) >= 11 is 5.95. The van der Waals surface area contributed by atoms with Gasteiger partial charge in [-0.3, -0.25) is 4.79 Å². The van der Waals surface area contributed by atoms with Crippen LogP contribution < -0.4 is 11.1 Å². The van der Waals surface area contributed by atoms with E-state index in [4.69, 9.17) is 22.4 Å². The van der Waals surface area contributed by atoms with E-state index in [2.05, 4.69) is 5.32 Å². The molecule has 0 fully saturated rings. The standard InChI is InChI=1S/C12H17ClN2O2/c1-7(2)10(6-16)15-12(17)8-4-3-5-9(14)11(8)13/h3-5,7,10,16H,6,14H2,1-2H3,(H,15,17). The van der Waals surface area contributed by atoms with Crippen molar-refractivity contribution in [1.82, 2.24) is 5.32 Å². The van der Waals surface area contributed by atoms with E-state index >= 15 is 0 Å². The van der Waals surface area contributed by atoms with Crippen molar-refractivity contribution in [2.24, 2.45) is 5.92 Å². The third-order valence-corrected chi connectivity index (χ3v) is 3.01. The Hall–Kier alpha value is -1.26. The minimum absolute atomic E-state index is 0.108. The third-order valence-electron chi connectivity index (χ3n) is 2.59. The molecule has 1 aromatic carbocycles. The van der Waals surface area contributed by atoms with Gasteiger partial charge in [0.1, 0.15) is 0 Å². The summed E-state index contributed by atoms with van der Waals surface area (Å²) in [6.45, 7) is 3.73. The van der Waals surface area contributed by atoms with Crippen LogP contribution in [0.2, 0.25) is 5.02 Å². The molecule has 0 spiro atoms. The fourth-order valence-corrected chi connectivity index (χ4v) is 1.61. The molecule has 0 saturated carbocycles. The van der Waals surface area contributed by atoms with Gasteiger partial charge < -0.3 is 16.2 Å². The molecule has 94 valence electrons. The van der Waals surface area contributed by atoms with Crippen LogP contribution in [0.5, 0.6) is 0 Å². The zero-order valence-corrected chi connectivity index (χ0v) is 10.7. The van der Waals surface area contributed by atoms with Crippen LogP contribution in [0.15, 0.2) is 18.2 Å². The van der Waals surface area contributed by atoms with Crippen molar-refractivity contribution in [2.45, 2.75) is 19.9 Å². The molecule has 4 nitrogen and oxygen atoms in total. The van der Waals surface area contributed by atoms with E-state index in [-0.39, 0.29) is 29.5 Å². The molecule has 0 aliphatic rings. The molecule has 1 aromatic rings. The average molecular weight is 257 g/mol. The summed E-state index contributed by atoms with van der Waals surface area (Å²) in [5.41, 5.74) is 6.31. The Bertz CT molecular complexity index is 407. The van der Waals surface area contributed by atoms with Crippen LogP contribution in [0.4, 0.5) is 5.69 Å². The van der Waals surface area contributed by atoms with E-state index in [9.17, 15) is 4.79 Å². The quantitative estimate of drug-likeness (QED) is 0.718. The second kappa shape index (κ2) is 5.89. The number of hydrogen-bond donors (Lipinski definition) is 3. The highest BCUT2D eigenvalue weighted by molar-refractivity contribution is 6.36. The number of halogens is 1. The summed E-state index contributed by atoms with van der Waals surface area (Å²) in [7, 11) is 0. The summed E-state index contributed by atoms with van der Waals surface area (Å²) in [6, 6.07) is 4.60. The number of benzene rings is 1. The van der Waals surface area contributed by atoms with Crippen LogP contribution in [0.25, 0.3) is 0 Å². The van der Waals surface area contributed by atoms with Gasteiger partial charge in [0.05, 0.1) is 28.9 Å². The Labute approximate surface area is 106 Å². The molecule has 0 aromatic heterocycles. The van der Waals surface area contributed by atoms with Crippen LogP contribution in [0.3, 0.4) is 0 Å². The summed E-state index contributed by atoms with van der Waals surface area (Å²) in [6.07, 6.45) is 0. The van der Waals surface area contributed by atoms with Gasteiger partial charge in [-0.05, 0) is 18.1 Å². The number of nitrogens with one attached hydrogen (secondary N) is 1. The maximum Gasteiger partial charge on any atom is 0.253 e. The molecule has 1 unspecified atom stereocenters. The largest absolute Gasteiger partial charge is 0.398 e. The summed E-state index contributed by atoms with van der Waals surface area (Å²) in [5.74, 6) is -0.182. The zero-order chi connectivity index (χ0) is 13.0. The highest BCUT2D eigenvalue weighted by Crippen LogP contribution is 2.23. The van der Waals surface area contributed by atoms with E-state index in [1.807, 2.05) is 13.8 Å². The Balaban J connectivity index is 2.86. The molecule has 1 amide bonds. The maximum absolute atomic E-state index is 11.9. The first kappa shape index (κ1) is 13.8. The maximum atomic E-state index is 11.9. The minimum Gasteiger partial charge on any atom is -0.398 e. The monoisotopic (exact) mass is 256 g/mol. The van der Waals surface area contributed by atoms with Crippen molar-refractivity contribution in [1.29, 1.82) is 0 Å². The van der Waals surface area contributed by atoms with Gasteiger partial charge in [0, 0.05) is 0 Å². The van der Waals surface area contributed by atoms with Crippen LogP contribution in [-0.4, -0.2) is 23.7 Å². The molecular weight excluding hydrogens is 240 g/mol. The van der Waals surface area contributed by atoms with E-state index in [0.717, 1.165) is 0 Å². The first-order valence-electron chi connectivity index (χ1n) is 5.43. The molecule has 0 aliphatic heterocycles. The van der Waals surface area contributed by atoms with Gasteiger partial charge in [0.2, 0.25) is 0 Å². The molecular formula is C12H17ClN2O2. The highest BCUT2D eigenvalue weighted by atomic mass is 35.5. The summed E-state index contributed by atoms with van der Waals surface area (Å²) in [5, 5.41) is 12.1. The van der Waals surface area contributed by atoms with E-state index in [1.54, 1.807) is 18.2 Å². The fourth-order valence-electron chi connectivity index (χ4n) is 1.39. The number of nitrogens with two attached hydrogens (primary N) is 1. The molecule has 1 rings (SSSR count). The molecule has 0 bridgehead atoms. The topological polar surface area (TPSA) is 75.3 Å². The van der Waals surface area contributed by atoms with Gasteiger partial charge in [-0.2, -0.15) is 0 Å². The lowest BCUT2D eigenvalue weighted by molar-refractivity contribution is 0.0897. The van der Waals surface area contributed by atoms with Gasteiger partial charge in [-0.1, -0.05) is 31.5 Å². The Kier molecular flexibility index (Phi) is 4.78. The van der Waals surface area contributed by atoms with Crippen molar-refractivity contribution in [3.05, 3.63) is 28.8 Å². The molecule has 0 aliphatic carbocycles. The fraction of sp³-hybridized carbons (Fsp3) is 0.417. The van der Waals surface area contributed by atoms with Gasteiger partial charge in [-0.25, -0.2) is 0 Å². The molecule has 0 saturated heterocycles. The number of carbonyl (C=O) groups excluding carboxylic acids is 1. The van der Waals surface area contributed by atoms with Gasteiger partial charge >= 0.3 is 0 Å². The highest BCUT2D eigenvalue weighted by Gasteiger charge is 2.18. The second-order valence-electron chi connectivity index (χ2n) is 4.22. The van der Waals surface area contributed by atoms with Crippen molar-refractivity contribution in [3.8, 4) is 0 Å². The number of nitrogen functional groups attached to an aromatic ring is 1. The van der Waals surface area contributed by atoms with E-state index in [0.29, 0.717) is 11.3 Å². The normalized spacial score (nSPS) is 12.5. The summed E-state index contributed by atoms with van der Waals surface area (Å²) < 4.78 is 0. The molecule has 0 heterocycles. The molecule has 5 heteroatoms. The number of amides is 1. The number of aliphatic hydroxyl groups is 1. The number of rotatable bonds is 4. The Morgan fingerprint density at radius 2 is 2.18 bits per heavy atom. The SMILES string of the molecule is CC(C)C(CO)NC(=O)c1cccc(N)c1Cl. The molecule has 17 heavy (non-hydrogen) atoms. The van der Waals surface area contributed by atoms with Crippen molar-refractivity contribution in [2.75, 3.05) is 12.3 Å². The molecule has 4 N–H and O–H groups in total. The van der Waals surface area contributed by atoms with Crippen LogP contribution in [0.1, 0.15) is 24.2 Å². The average Bonchev–Trinajstić information content (AvgIpc) is 2.28. The van der Waals surface area contributed by atoms with E-state index < -0.39 is 0 Å².